The number of aliphatic hydroxyl groups excluding tert-OH is 1. The highest BCUT2D eigenvalue weighted by Gasteiger charge is 2.24. The van der Waals surface area contributed by atoms with Crippen LogP contribution < -0.4 is 0 Å². The van der Waals surface area contributed by atoms with Crippen molar-refractivity contribution in [3.05, 3.63) is 34.6 Å². The number of halogens is 2. The van der Waals surface area contributed by atoms with E-state index in [4.69, 9.17) is 11.6 Å². The van der Waals surface area contributed by atoms with Gasteiger partial charge < -0.3 is 5.11 Å². The Morgan fingerprint density at radius 2 is 1.82 bits per heavy atom. The second-order valence-electron chi connectivity index (χ2n) is 4.84. The first-order valence-electron chi connectivity index (χ1n) is 6.32. The molecule has 1 aliphatic rings. The average Bonchev–Trinajstić information content (AvgIpc) is 2.60. The predicted octanol–water partition coefficient (Wildman–Crippen LogP) is 4.48. The Balaban J connectivity index is 2.17. The molecule has 0 aromatic heterocycles. The number of hydrogen-bond acceptors (Lipinski definition) is 1. The quantitative estimate of drug-likeness (QED) is 0.774. The Kier molecular flexibility index (Phi) is 4.41. The van der Waals surface area contributed by atoms with Gasteiger partial charge in [0.2, 0.25) is 0 Å². The van der Waals surface area contributed by atoms with Crippen LogP contribution in [0.2, 0.25) is 5.02 Å². The zero-order valence-corrected chi connectivity index (χ0v) is 10.6. The van der Waals surface area contributed by atoms with Crippen LogP contribution in [-0.2, 0) is 0 Å². The van der Waals surface area contributed by atoms with Crippen LogP contribution in [0.25, 0.3) is 0 Å². The van der Waals surface area contributed by atoms with Gasteiger partial charge in [0, 0.05) is 5.56 Å². The molecule has 0 amide bonds. The van der Waals surface area contributed by atoms with E-state index in [1.165, 1.54) is 18.9 Å². The summed E-state index contributed by atoms with van der Waals surface area (Å²) in [5.74, 6) is -0.228. The second kappa shape index (κ2) is 5.83. The molecular formula is C14H18ClFO. The third-order valence-corrected chi connectivity index (χ3v) is 4.05. The fourth-order valence-electron chi connectivity index (χ4n) is 2.63. The van der Waals surface area contributed by atoms with Crippen molar-refractivity contribution >= 4 is 11.6 Å². The molecule has 1 atom stereocenters. The molecular weight excluding hydrogens is 239 g/mol. The SMILES string of the molecule is OC(c1cccc(F)c1Cl)C1CCCCCC1. The van der Waals surface area contributed by atoms with Gasteiger partial charge in [-0.25, -0.2) is 4.39 Å². The molecule has 2 rings (SSSR count). The number of aliphatic hydroxyl groups is 1. The van der Waals surface area contributed by atoms with Crippen molar-refractivity contribution in [3.8, 4) is 0 Å². The minimum absolute atomic E-state index is 0.0734. The standard InChI is InChI=1S/C14H18ClFO/c15-13-11(8-5-9-12(13)16)14(17)10-6-3-1-2-4-7-10/h5,8-10,14,17H,1-4,6-7H2. The first-order valence-corrected chi connectivity index (χ1v) is 6.70. The Morgan fingerprint density at radius 3 is 2.47 bits per heavy atom. The van der Waals surface area contributed by atoms with Crippen LogP contribution in [0.15, 0.2) is 18.2 Å². The van der Waals surface area contributed by atoms with Crippen molar-refractivity contribution < 1.29 is 9.50 Å². The highest BCUT2D eigenvalue weighted by atomic mass is 35.5. The first kappa shape index (κ1) is 12.8. The fraction of sp³-hybridized carbons (Fsp3) is 0.571. The predicted molar refractivity (Wildman–Crippen MR) is 67.6 cm³/mol. The number of hydrogen-bond donors (Lipinski definition) is 1. The van der Waals surface area contributed by atoms with Crippen LogP contribution in [0, 0.1) is 11.7 Å². The fourth-order valence-corrected chi connectivity index (χ4v) is 2.87. The van der Waals surface area contributed by atoms with Crippen molar-refractivity contribution in [3.63, 3.8) is 0 Å². The lowest BCUT2D eigenvalue weighted by molar-refractivity contribution is 0.0986. The number of benzene rings is 1. The van der Waals surface area contributed by atoms with Crippen LogP contribution in [0.3, 0.4) is 0 Å². The Hall–Kier alpha value is -0.600. The lowest BCUT2D eigenvalue weighted by Crippen LogP contribution is -2.12. The molecule has 0 heterocycles. The molecule has 3 heteroatoms. The van der Waals surface area contributed by atoms with Gasteiger partial charge >= 0.3 is 0 Å². The molecule has 94 valence electrons. The van der Waals surface area contributed by atoms with Crippen LogP contribution in [0.5, 0.6) is 0 Å². The molecule has 0 spiro atoms. The molecule has 0 bridgehead atoms. The average molecular weight is 257 g/mol. The molecule has 0 aliphatic heterocycles. The maximum Gasteiger partial charge on any atom is 0.142 e. The molecule has 1 saturated carbocycles. The van der Waals surface area contributed by atoms with Gasteiger partial charge in [-0.05, 0) is 24.8 Å². The summed E-state index contributed by atoms with van der Waals surface area (Å²) in [6.45, 7) is 0. The molecule has 17 heavy (non-hydrogen) atoms. The molecule has 1 nitrogen and oxygen atoms in total. The van der Waals surface area contributed by atoms with Crippen LogP contribution in [0.1, 0.15) is 50.2 Å². The minimum atomic E-state index is -0.628. The molecule has 1 aliphatic carbocycles. The molecule has 0 saturated heterocycles. The van der Waals surface area contributed by atoms with Gasteiger partial charge in [-0.3, -0.25) is 0 Å². The maximum absolute atomic E-state index is 13.3. The highest BCUT2D eigenvalue weighted by molar-refractivity contribution is 6.31. The normalized spacial score (nSPS) is 19.9. The van der Waals surface area contributed by atoms with E-state index in [0.29, 0.717) is 5.56 Å². The van der Waals surface area contributed by atoms with Gasteiger partial charge in [-0.2, -0.15) is 0 Å². The van der Waals surface area contributed by atoms with Crippen molar-refractivity contribution in [2.24, 2.45) is 5.92 Å². The second-order valence-corrected chi connectivity index (χ2v) is 5.22. The van der Waals surface area contributed by atoms with E-state index in [1.54, 1.807) is 12.1 Å². The summed E-state index contributed by atoms with van der Waals surface area (Å²) >= 11 is 5.91. The zero-order valence-electron chi connectivity index (χ0n) is 9.83. The Labute approximate surface area is 107 Å². The summed E-state index contributed by atoms with van der Waals surface area (Å²) in [5.41, 5.74) is 0.540. The topological polar surface area (TPSA) is 20.2 Å². The van der Waals surface area contributed by atoms with Crippen LogP contribution in [0.4, 0.5) is 4.39 Å². The van der Waals surface area contributed by atoms with Gasteiger partial charge in [0.15, 0.2) is 0 Å². The van der Waals surface area contributed by atoms with Gasteiger partial charge in [-0.1, -0.05) is 49.4 Å². The Bertz CT molecular complexity index is 372. The van der Waals surface area contributed by atoms with Gasteiger partial charge in [0.1, 0.15) is 5.82 Å². The van der Waals surface area contributed by atoms with Gasteiger partial charge in [0.25, 0.3) is 0 Å². The molecule has 1 aromatic carbocycles. The summed E-state index contributed by atoms with van der Waals surface area (Å²) in [5, 5.41) is 10.4. The zero-order chi connectivity index (χ0) is 12.3. The molecule has 0 radical (unpaired) electrons. The smallest absolute Gasteiger partial charge is 0.142 e. The summed E-state index contributed by atoms with van der Waals surface area (Å²) < 4.78 is 13.3. The minimum Gasteiger partial charge on any atom is -0.388 e. The molecule has 1 aromatic rings. The largest absolute Gasteiger partial charge is 0.388 e. The van der Waals surface area contributed by atoms with E-state index in [0.717, 1.165) is 25.7 Å². The molecule has 1 N–H and O–H groups in total. The summed E-state index contributed by atoms with van der Waals surface area (Å²) in [4.78, 5) is 0. The lowest BCUT2D eigenvalue weighted by atomic mass is 9.89. The van der Waals surface area contributed by atoms with Gasteiger partial charge in [0.05, 0.1) is 11.1 Å². The summed E-state index contributed by atoms with van der Waals surface area (Å²) in [7, 11) is 0. The van der Waals surface area contributed by atoms with Crippen LogP contribution >= 0.6 is 11.6 Å². The maximum atomic E-state index is 13.3. The van der Waals surface area contributed by atoms with E-state index in [1.807, 2.05) is 0 Å². The van der Waals surface area contributed by atoms with E-state index >= 15 is 0 Å². The van der Waals surface area contributed by atoms with Crippen molar-refractivity contribution in [1.29, 1.82) is 0 Å². The van der Waals surface area contributed by atoms with Crippen LogP contribution in [-0.4, -0.2) is 5.11 Å². The van der Waals surface area contributed by atoms with Crippen molar-refractivity contribution in [2.75, 3.05) is 0 Å². The third-order valence-electron chi connectivity index (χ3n) is 3.65. The monoisotopic (exact) mass is 256 g/mol. The summed E-state index contributed by atoms with van der Waals surface area (Å²) in [6, 6.07) is 4.66. The highest BCUT2D eigenvalue weighted by Crippen LogP contribution is 2.36. The summed E-state index contributed by atoms with van der Waals surface area (Å²) in [6.07, 6.45) is 6.15. The Morgan fingerprint density at radius 1 is 1.18 bits per heavy atom. The van der Waals surface area contributed by atoms with Crippen molar-refractivity contribution in [2.45, 2.75) is 44.6 Å². The van der Waals surface area contributed by atoms with E-state index in [-0.39, 0.29) is 10.9 Å². The third kappa shape index (κ3) is 2.99. The van der Waals surface area contributed by atoms with E-state index in [9.17, 15) is 9.50 Å². The number of rotatable bonds is 2. The molecule has 1 fully saturated rings. The van der Waals surface area contributed by atoms with Gasteiger partial charge in [-0.15, -0.1) is 0 Å². The molecule has 1 unspecified atom stereocenters. The van der Waals surface area contributed by atoms with E-state index in [2.05, 4.69) is 0 Å². The van der Waals surface area contributed by atoms with E-state index < -0.39 is 11.9 Å². The lowest BCUT2D eigenvalue weighted by Gasteiger charge is -2.22. The first-order chi connectivity index (χ1) is 8.20. The van der Waals surface area contributed by atoms with Crippen molar-refractivity contribution in [1.82, 2.24) is 0 Å².